The van der Waals surface area contributed by atoms with Crippen LogP contribution < -0.4 is 15.4 Å². The van der Waals surface area contributed by atoms with E-state index in [1.165, 1.54) is 0 Å². The maximum Gasteiger partial charge on any atom is 0.243 e. The molecule has 8 heteroatoms. The van der Waals surface area contributed by atoms with E-state index >= 15 is 0 Å². The average molecular weight is 404 g/mol. The number of carbonyl (C=O) groups excluding carboxylic acids is 1. The van der Waals surface area contributed by atoms with Crippen molar-refractivity contribution in [1.82, 2.24) is 20.4 Å². The highest BCUT2D eigenvalue weighted by Crippen LogP contribution is 2.31. The molecule has 1 fully saturated rings. The lowest BCUT2D eigenvalue weighted by Crippen LogP contribution is -2.43. The normalized spacial score (nSPS) is 19.8. The Morgan fingerprint density at radius 2 is 2.03 bits per heavy atom. The number of guanidine groups is 1. The summed E-state index contributed by atoms with van der Waals surface area (Å²) in [4.78, 5) is 20.5. The van der Waals surface area contributed by atoms with E-state index in [0.29, 0.717) is 12.6 Å². The first-order chi connectivity index (χ1) is 14.1. The molecule has 0 saturated carbocycles. The lowest BCUT2D eigenvalue weighted by molar-refractivity contribution is -0.127. The van der Waals surface area contributed by atoms with E-state index in [0.717, 1.165) is 63.5 Å². The minimum absolute atomic E-state index is 0.0215. The molecule has 0 aromatic heterocycles. The van der Waals surface area contributed by atoms with E-state index < -0.39 is 0 Å². The van der Waals surface area contributed by atoms with Crippen molar-refractivity contribution >= 4 is 11.9 Å². The Morgan fingerprint density at radius 1 is 1.24 bits per heavy atom. The fourth-order valence-electron chi connectivity index (χ4n) is 3.43. The number of ether oxygens (including phenoxy) is 2. The van der Waals surface area contributed by atoms with Crippen LogP contribution in [0.5, 0.6) is 5.75 Å². The molecule has 0 aliphatic carbocycles. The quantitative estimate of drug-likeness (QED) is 0.399. The number of morpholine rings is 1. The summed E-state index contributed by atoms with van der Waals surface area (Å²) in [5.41, 5.74) is 1.13. The number of rotatable bonds is 7. The number of hydrogen-bond acceptors (Lipinski definition) is 5. The van der Waals surface area contributed by atoms with Crippen LogP contribution in [0.3, 0.4) is 0 Å². The van der Waals surface area contributed by atoms with Crippen LogP contribution in [0.25, 0.3) is 0 Å². The van der Waals surface area contributed by atoms with Crippen LogP contribution >= 0.6 is 0 Å². The highest BCUT2D eigenvalue weighted by Gasteiger charge is 2.22. The van der Waals surface area contributed by atoms with Gasteiger partial charge in [0, 0.05) is 45.7 Å². The Labute approximate surface area is 173 Å². The molecule has 0 bridgehead atoms. The molecule has 1 amide bonds. The van der Waals surface area contributed by atoms with Gasteiger partial charge in [-0.3, -0.25) is 9.69 Å². The topological polar surface area (TPSA) is 78.4 Å². The van der Waals surface area contributed by atoms with Crippen LogP contribution in [-0.4, -0.2) is 88.3 Å². The molecule has 160 valence electrons. The Morgan fingerprint density at radius 3 is 2.83 bits per heavy atom. The fraction of sp³-hybridized carbons (Fsp3) is 0.619. The summed E-state index contributed by atoms with van der Waals surface area (Å²) >= 11 is 0. The predicted octanol–water partition coefficient (Wildman–Crippen LogP) is 0.856. The number of fused-ring (bicyclic) bond motifs is 1. The SMILES string of the molecule is CN(C)C(=O)CN=C(NCCCN1CCOCC1)NC1CCOc2ccccc21. The zero-order valence-electron chi connectivity index (χ0n) is 17.5. The molecule has 1 saturated heterocycles. The Bertz CT molecular complexity index is 689. The van der Waals surface area contributed by atoms with E-state index in [4.69, 9.17) is 9.47 Å². The van der Waals surface area contributed by atoms with Gasteiger partial charge in [-0.25, -0.2) is 4.99 Å². The molecule has 3 rings (SSSR count). The molecular weight excluding hydrogens is 370 g/mol. The number of nitrogens with one attached hydrogen (secondary N) is 2. The second-order valence-electron chi connectivity index (χ2n) is 7.56. The summed E-state index contributed by atoms with van der Waals surface area (Å²) in [6, 6.07) is 8.18. The van der Waals surface area contributed by atoms with Gasteiger partial charge in [-0.15, -0.1) is 0 Å². The molecule has 2 heterocycles. The number of likely N-dealkylation sites (N-methyl/N-ethyl adjacent to an activating group) is 1. The van der Waals surface area contributed by atoms with Crippen molar-refractivity contribution in [2.45, 2.75) is 18.9 Å². The van der Waals surface area contributed by atoms with E-state index in [2.05, 4.69) is 26.6 Å². The molecule has 2 N–H and O–H groups in total. The molecular formula is C21H33N5O3. The number of para-hydroxylation sites is 1. The number of hydrogen-bond donors (Lipinski definition) is 2. The van der Waals surface area contributed by atoms with Crippen LogP contribution in [0.15, 0.2) is 29.3 Å². The number of carbonyl (C=O) groups is 1. The van der Waals surface area contributed by atoms with Crippen molar-refractivity contribution in [3.05, 3.63) is 29.8 Å². The van der Waals surface area contributed by atoms with Gasteiger partial charge in [0.15, 0.2) is 5.96 Å². The third kappa shape index (κ3) is 6.61. The monoisotopic (exact) mass is 403 g/mol. The third-order valence-electron chi connectivity index (χ3n) is 5.19. The second kappa shape index (κ2) is 11.0. The maximum absolute atomic E-state index is 12.0. The minimum Gasteiger partial charge on any atom is -0.493 e. The average Bonchev–Trinajstić information content (AvgIpc) is 2.75. The zero-order chi connectivity index (χ0) is 20.5. The lowest BCUT2D eigenvalue weighted by Gasteiger charge is -2.29. The van der Waals surface area contributed by atoms with Crippen molar-refractivity contribution in [2.24, 2.45) is 4.99 Å². The summed E-state index contributed by atoms with van der Waals surface area (Å²) in [6.45, 7) is 6.23. The molecule has 0 spiro atoms. The molecule has 1 aromatic carbocycles. The summed E-state index contributed by atoms with van der Waals surface area (Å²) < 4.78 is 11.2. The number of aliphatic imine (C=N–C) groups is 1. The van der Waals surface area contributed by atoms with E-state index in [-0.39, 0.29) is 18.5 Å². The molecule has 1 aromatic rings. The highest BCUT2D eigenvalue weighted by molar-refractivity contribution is 5.85. The first-order valence-electron chi connectivity index (χ1n) is 10.4. The van der Waals surface area contributed by atoms with Crippen molar-refractivity contribution in [3.63, 3.8) is 0 Å². The number of nitrogens with zero attached hydrogens (tertiary/aromatic N) is 3. The van der Waals surface area contributed by atoms with Gasteiger partial charge in [-0.05, 0) is 19.0 Å². The minimum atomic E-state index is -0.0215. The maximum atomic E-state index is 12.0. The van der Waals surface area contributed by atoms with Gasteiger partial charge in [-0.2, -0.15) is 0 Å². The summed E-state index contributed by atoms with van der Waals surface area (Å²) in [6.07, 6.45) is 1.86. The van der Waals surface area contributed by atoms with E-state index in [1.54, 1.807) is 19.0 Å². The second-order valence-corrected chi connectivity index (χ2v) is 7.56. The summed E-state index contributed by atoms with van der Waals surface area (Å²) in [5, 5.41) is 6.90. The third-order valence-corrected chi connectivity index (χ3v) is 5.19. The molecule has 1 atom stereocenters. The van der Waals surface area contributed by atoms with E-state index in [9.17, 15) is 4.79 Å². The van der Waals surface area contributed by atoms with Crippen molar-refractivity contribution < 1.29 is 14.3 Å². The fourth-order valence-corrected chi connectivity index (χ4v) is 3.43. The molecule has 2 aliphatic rings. The zero-order valence-corrected chi connectivity index (χ0v) is 17.5. The lowest BCUT2D eigenvalue weighted by atomic mass is 10.0. The summed E-state index contributed by atoms with van der Waals surface area (Å²) in [5.74, 6) is 1.56. The largest absolute Gasteiger partial charge is 0.493 e. The molecule has 2 aliphatic heterocycles. The molecule has 1 unspecified atom stereocenters. The van der Waals surface area contributed by atoms with Gasteiger partial charge in [0.05, 0.1) is 25.9 Å². The smallest absolute Gasteiger partial charge is 0.243 e. The van der Waals surface area contributed by atoms with Crippen molar-refractivity contribution in [1.29, 1.82) is 0 Å². The van der Waals surface area contributed by atoms with Gasteiger partial charge in [0.1, 0.15) is 12.3 Å². The Balaban J connectivity index is 1.57. The van der Waals surface area contributed by atoms with Gasteiger partial charge >= 0.3 is 0 Å². The summed E-state index contributed by atoms with van der Waals surface area (Å²) in [7, 11) is 3.49. The predicted molar refractivity (Wildman–Crippen MR) is 113 cm³/mol. The standard InChI is InChI=1S/C21H33N5O3/c1-25(2)20(27)16-23-21(22-9-5-10-26-11-14-28-15-12-26)24-18-8-13-29-19-7-4-3-6-17(18)19/h3-4,6-7,18H,5,8-16H2,1-2H3,(H2,22,23,24). The first kappa shape index (κ1) is 21.4. The molecule has 0 radical (unpaired) electrons. The van der Waals surface area contributed by atoms with Crippen LogP contribution in [0, 0.1) is 0 Å². The van der Waals surface area contributed by atoms with Crippen LogP contribution in [-0.2, 0) is 9.53 Å². The van der Waals surface area contributed by atoms with Crippen LogP contribution in [0.2, 0.25) is 0 Å². The van der Waals surface area contributed by atoms with Crippen molar-refractivity contribution in [2.75, 3.05) is 66.6 Å². The van der Waals surface area contributed by atoms with Crippen LogP contribution in [0.4, 0.5) is 0 Å². The van der Waals surface area contributed by atoms with E-state index in [1.807, 2.05) is 18.2 Å². The highest BCUT2D eigenvalue weighted by atomic mass is 16.5. The first-order valence-corrected chi connectivity index (χ1v) is 10.4. The molecule has 8 nitrogen and oxygen atoms in total. The van der Waals surface area contributed by atoms with Gasteiger partial charge in [0.2, 0.25) is 5.91 Å². The van der Waals surface area contributed by atoms with Crippen molar-refractivity contribution in [3.8, 4) is 5.75 Å². The molecule has 29 heavy (non-hydrogen) atoms. The van der Waals surface area contributed by atoms with Gasteiger partial charge < -0.3 is 25.0 Å². The van der Waals surface area contributed by atoms with Gasteiger partial charge in [-0.1, -0.05) is 18.2 Å². The number of amides is 1. The Hall–Kier alpha value is -2.32. The Kier molecular flexibility index (Phi) is 8.13. The number of benzene rings is 1. The van der Waals surface area contributed by atoms with Crippen LogP contribution in [0.1, 0.15) is 24.4 Å². The van der Waals surface area contributed by atoms with Gasteiger partial charge in [0.25, 0.3) is 0 Å².